The Labute approximate surface area is 108 Å². The largest absolute Gasteiger partial charge is 0.418 e. The number of amides is 1. The van der Waals surface area contributed by atoms with Crippen LogP contribution in [0.2, 0.25) is 0 Å². The third-order valence-corrected chi connectivity index (χ3v) is 3.86. The predicted molar refractivity (Wildman–Crippen MR) is 65.1 cm³/mol. The molecule has 3 nitrogen and oxygen atoms in total. The number of benzene rings is 1. The van der Waals surface area contributed by atoms with Crippen molar-refractivity contribution in [2.45, 2.75) is 31.5 Å². The number of nitrogens with zero attached hydrogens (tertiary/aromatic N) is 1. The molecule has 1 fully saturated rings. The zero-order chi connectivity index (χ0) is 13.8. The normalized spacial score (nSPS) is 20.2. The highest BCUT2D eigenvalue weighted by Crippen LogP contribution is 2.52. The first-order chi connectivity index (χ1) is 8.90. The van der Waals surface area contributed by atoms with E-state index in [0.29, 0.717) is 25.1 Å². The fourth-order valence-electron chi connectivity index (χ4n) is 2.80. The van der Waals surface area contributed by atoms with Gasteiger partial charge in [0.15, 0.2) is 0 Å². The third kappa shape index (κ3) is 1.62. The number of halogens is 3. The summed E-state index contributed by atoms with van der Waals surface area (Å²) in [5, 5.41) is 2.45. The van der Waals surface area contributed by atoms with Crippen LogP contribution in [0.15, 0.2) is 18.2 Å². The molecule has 1 amide bonds. The van der Waals surface area contributed by atoms with Crippen LogP contribution >= 0.6 is 0 Å². The molecule has 0 radical (unpaired) electrons. The second-order valence-corrected chi connectivity index (χ2v) is 4.93. The lowest BCUT2D eigenvalue weighted by Gasteiger charge is -2.38. The van der Waals surface area contributed by atoms with Gasteiger partial charge in [0.25, 0.3) is 0 Å². The molecule has 2 aliphatic rings. The maximum absolute atomic E-state index is 13.0. The van der Waals surface area contributed by atoms with Gasteiger partial charge in [0.2, 0.25) is 5.91 Å². The molecule has 102 valence electrons. The Hall–Kier alpha value is -1.72. The molecular weight excluding hydrogens is 257 g/mol. The van der Waals surface area contributed by atoms with E-state index in [2.05, 4.69) is 5.32 Å². The molecule has 6 heteroatoms. The first-order valence-corrected chi connectivity index (χ1v) is 6.19. The lowest BCUT2D eigenvalue weighted by Crippen LogP contribution is -2.50. The van der Waals surface area contributed by atoms with Gasteiger partial charge in [0, 0.05) is 6.54 Å². The number of anilines is 2. The zero-order valence-electron chi connectivity index (χ0n) is 10.3. The van der Waals surface area contributed by atoms with Crippen LogP contribution in [-0.2, 0) is 11.0 Å². The zero-order valence-corrected chi connectivity index (χ0v) is 10.3. The lowest BCUT2D eigenvalue weighted by molar-refractivity contribution is -0.137. The molecule has 1 aliphatic carbocycles. The van der Waals surface area contributed by atoms with Crippen LogP contribution in [0.1, 0.15) is 25.3 Å². The van der Waals surface area contributed by atoms with E-state index in [4.69, 9.17) is 0 Å². The van der Waals surface area contributed by atoms with Gasteiger partial charge in [0.05, 0.1) is 16.9 Å². The smallest absolute Gasteiger partial charge is 0.356 e. The third-order valence-electron chi connectivity index (χ3n) is 3.86. The van der Waals surface area contributed by atoms with E-state index in [1.807, 2.05) is 6.92 Å². The molecule has 0 bridgehead atoms. The van der Waals surface area contributed by atoms with Gasteiger partial charge in [-0.25, -0.2) is 0 Å². The molecule has 1 spiro atoms. The second-order valence-electron chi connectivity index (χ2n) is 4.93. The van der Waals surface area contributed by atoms with Gasteiger partial charge in [-0.15, -0.1) is 0 Å². The minimum absolute atomic E-state index is 0.112. The Morgan fingerprint density at radius 2 is 2.05 bits per heavy atom. The summed E-state index contributed by atoms with van der Waals surface area (Å²) >= 11 is 0. The summed E-state index contributed by atoms with van der Waals surface area (Å²) < 4.78 is 38.9. The predicted octanol–water partition coefficient (Wildman–Crippen LogP) is 3.02. The van der Waals surface area contributed by atoms with Crippen LogP contribution < -0.4 is 10.2 Å². The summed E-state index contributed by atoms with van der Waals surface area (Å²) in [5.41, 5.74) is -1.05. The Morgan fingerprint density at radius 3 is 2.58 bits per heavy atom. The molecule has 1 aliphatic heterocycles. The summed E-state index contributed by atoms with van der Waals surface area (Å²) in [7, 11) is 0. The molecule has 1 saturated carbocycles. The number of alkyl halides is 3. The molecule has 1 heterocycles. The van der Waals surface area contributed by atoms with Crippen molar-refractivity contribution in [3.63, 3.8) is 0 Å². The molecule has 19 heavy (non-hydrogen) atoms. The Kier molecular flexibility index (Phi) is 2.37. The lowest BCUT2D eigenvalue weighted by atomic mass is 10.0. The van der Waals surface area contributed by atoms with Gasteiger partial charge < -0.3 is 10.2 Å². The monoisotopic (exact) mass is 270 g/mol. The van der Waals surface area contributed by atoms with Crippen LogP contribution in [0.3, 0.4) is 0 Å². The van der Waals surface area contributed by atoms with Gasteiger partial charge in [-0.3, -0.25) is 4.79 Å². The number of rotatable bonds is 1. The Bertz CT molecular complexity index is 549. The molecule has 0 aromatic heterocycles. The van der Waals surface area contributed by atoms with Crippen molar-refractivity contribution in [2.24, 2.45) is 0 Å². The molecule has 1 aromatic carbocycles. The summed E-state index contributed by atoms with van der Waals surface area (Å²) in [6, 6.07) is 4.02. The number of carbonyl (C=O) groups is 1. The van der Waals surface area contributed by atoms with E-state index in [1.54, 1.807) is 11.0 Å². The topological polar surface area (TPSA) is 32.3 Å². The molecular formula is C13H13F3N2O. The average Bonchev–Trinajstić information content (AvgIpc) is 3.11. The average molecular weight is 270 g/mol. The van der Waals surface area contributed by atoms with Crippen molar-refractivity contribution in [1.29, 1.82) is 0 Å². The molecule has 0 saturated heterocycles. The van der Waals surface area contributed by atoms with E-state index >= 15 is 0 Å². The van der Waals surface area contributed by atoms with Crippen LogP contribution in [0.5, 0.6) is 0 Å². The molecule has 1 aromatic rings. The van der Waals surface area contributed by atoms with Crippen molar-refractivity contribution in [1.82, 2.24) is 0 Å². The number of nitrogens with one attached hydrogen (secondary N) is 1. The minimum Gasteiger partial charge on any atom is -0.356 e. The van der Waals surface area contributed by atoms with Crippen molar-refractivity contribution in [2.75, 3.05) is 16.8 Å². The van der Waals surface area contributed by atoms with Crippen LogP contribution in [0.4, 0.5) is 24.5 Å². The molecule has 3 rings (SSSR count). The standard InChI is InChI=1S/C13H13F3N2O/c1-2-18-9-5-3-4-8(13(14,15)16)10(9)17-11(19)12(18)6-7-12/h3-5H,2,6-7H2,1H3,(H,17,19). The summed E-state index contributed by atoms with van der Waals surface area (Å²) in [6.45, 7) is 2.37. The second kappa shape index (κ2) is 3.65. The van der Waals surface area contributed by atoms with Gasteiger partial charge >= 0.3 is 6.18 Å². The summed E-state index contributed by atoms with van der Waals surface area (Å²) in [5.74, 6) is -0.321. The summed E-state index contributed by atoms with van der Waals surface area (Å²) in [6.07, 6.45) is -3.07. The maximum Gasteiger partial charge on any atom is 0.418 e. The van der Waals surface area contributed by atoms with Gasteiger partial charge in [-0.05, 0) is 31.9 Å². The van der Waals surface area contributed by atoms with Crippen LogP contribution in [0, 0.1) is 0 Å². The summed E-state index contributed by atoms with van der Waals surface area (Å²) in [4.78, 5) is 13.9. The number of hydrogen-bond donors (Lipinski definition) is 1. The minimum atomic E-state index is -4.47. The highest BCUT2D eigenvalue weighted by Gasteiger charge is 2.57. The SMILES string of the molecule is CCN1c2cccc(C(F)(F)F)c2NC(=O)C12CC2. The molecule has 0 unspecified atom stereocenters. The fraction of sp³-hybridized carbons (Fsp3) is 0.462. The first-order valence-electron chi connectivity index (χ1n) is 6.19. The van der Waals surface area contributed by atoms with E-state index < -0.39 is 17.3 Å². The molecule has 0 atom stereocenters. The first kappa shape index (κ1) is 12.3. The van der Waals surface area contributed by atoms with Gasteiger partial charge in [-0.2, -0.15) is 13.2 Å². The van der Waals surface area contributed by atoms with Crippen molar-refractivity contribution in [3.05, 3.63) is 23.8 Å². The Morgan fingerprint density at radius 1 is 1.37 bits per heavy atom. The van der Waals surface area contributed by atoms with Crippen LogP contribution in [-0.4, -0.2) is 18.0 Å². The van der Waals surface area contributed by atoms with E-state index in [-0.39, 0.29) is 11.6 Å². The molecule has 1 N–H and O–H groups in total. The van der Waals surface area contributed by atoms with Crippen molar-refractivity contribution in [3.8, 4) is 0 Å². The van der Waals surface area contributed by atoms with Crippen LogP contribution in [0.25, 0.3) is 0 Å². The fourth-order valence-corrected chi connectivity index (χ4v) is 2.80. The quantitative estimate of drug-likeness (QED) is 0.850. The Balaban J connectivity index is 2.17. The van der Waals surface area contributed by atoms with E-state index in [9.17, 15) is 18.0 Å². The number of para-hydroxylation sites is 1. The van der Waals surface area contributed by atoms with Crippen molar-refractivity contribution >= 4 is 17.3 Å². The van der Waals surface area contributed by atoms with Gasteiger partial charge in [0.1, 0.15) is 5.54 Å². The highest BCUT2D eigenvalue weighted by atomic mass is 19.4. The van der Waals surface area contributed by atoms with E-state index in [1.165, 1.54) is 6.07 Å². The van der Waals surface area contributed by atoms with Crippen molar-refractivity contribution < 1.29 is 18.0 Å². The highest BCUT2D eigenvalue weighted by molar-refractivity contribution is 6.09. The number of hydrogen-bond acceptors (Lipinski definition) is 2. The number of fused-ring (bicyclic) bond motifs is 1. The van der Waals surface area contributed by atoms with Gasteiger partial charge in [-0.1, -0.05) is 6.07 Å². The maximum atomic E-state index is 13.0. The van der Waals surface area contributed by atoms with E-state index in [0.717, 1.165) is 6.07 Å². The number of carbonyl (C=O) groups excluding carboxylic acids is 1. The number of likely N-dealkylation sites (N-methyl/N-ethyl adjacent to an activating group) is 1.